The van der Waals surface area contributed by atoms with Crippen LogP contribution in [0.5, 0.6) is 0 Å². The van der Waals surface area contributed by atoms with Gasteiger partial charge in [-0.05, 0) is 29.7 Å². The Hall–Kier alpha value is -2.86. The van der Waals surface area contributed by atoms with E-state index in [0.717, 1.165) is 16.5 Å². The van der Waals surface area contributed by atoms with Gasteiger partial charge in [0.25, 0.3) is 0 Å². The lowest BCUT2D eigenvalue weighted by molar-refractivity contribution is 0.613. The topological polar surface area (TPSA) is 35.8 Å². The molecule has 0 radical (unpaired) electrons. The molecule has 0 aliphatic heterocycles. The molecule has 3 rings (SSSR count). The van der Waals surface area contributed by atoms with Crippen LogP contribution in [0.15, 0.2) is 60.7 Å². The van der Waals surface area contributed by atoms with Gasteiger partial charge in [-0.2, -0.15) is 5.26 Å². The molecule has 102 valence electrons. The first-order valence-corrected chi connectivity index (χ1v) is 6.68. The Morgan fingerprint density at radius 3 is 2.67 bits per heavy atom. The van der Waals surface area contributed by atoms with E-state index in [0.29, 0.717) is 17.7 Å². The molecule has 0 saturated heterocycles. The summed E-state index contributed by atoms with van der Waals surface area (Å²) in [7, 11) is 0. The van der Waals surface area contributed by atoms with Crippen LogP contribution in [0.2, 0.25) is 0 Å². The average molecular weight is 276 g/mol. The number of anilines is 1. The van der Waals surface area contributed by atoms with Crippen LogP contribution in [0.4, 0.5) is 10.1 Å². The minimum atomic E-state index is -0.304. The molecule has 0 atom stereocenters. The number of nitrogens with zero attached hydrogens (tertiary/aromatic N) is 1. The van der Waals surface area contributed by atoms with Crippen molar-refractivity contribution in [1.82, 2.24) is 0 Å². The number of nitriles is 1. The van der Waals surface area contributed by atoms with Crippen molar-refractivity contribution in [3.05, 3.63) is 77.6 Å². The van der Waals surface area contributed by atoms with Gasteiger partial charge in [-0.1, -0.05) is 36.4 Å². The largest absolute Gasteiger partial charge is 0.380 e. The van der Waals surface area contributed by atoms with E-state index in [2.05, 4.69) is 5.32 Å². The molecule has 0 heterocycles. The lowest BCUT2D eigenvalue weighted by atomic mass is 10.1. The maximum atomic E-state index is 13.8. The summed E-state index contributed by atoms with van der Waals surface area (Å²) in [5.41, 5.74) is 1.91. The fraction of sp³-hybridized carbons (Fsp3) is 0.0556. The molecule has 0 aromatic heterocycles. The highest BCUT2D eigenvalue weighted by Gasteiger charge is 2.05. The maximum absolute atomic E-state index is 13.8. The van der Waals surface area contributed by atoms with Gasteiger partial charge in [-0.25, -0.2) is 4.39 Å². The zero-order valence-electron chi connectivity index (χ0n) is 11.3. The van der Waals surface area contributed by atoms with Crippen molar-refractivity contribution < 1.29 is 4.39 Å². The Morgan fingerprint density at radius 1 is 1.00 bits per heavy atom. The molecule has 1 N–H and O–H groups in total. The Bertz CT molecular complexity index is 829. The smallest absolute Gasteiger partial charge is 0.128 e. The van der Waals surface area contributed by atoms with Crippen LogP contribution in [0.3, 0.4) is 0 Å². The van der Waals surface area contributed by atoms with E-state index in [1.165, 1.54) is 12.1 Å². The molecular weight excluding hydrogens is 263 g/mol. The van der Waals surface area contributed by atoms with Gasteiger partial charge in [0.05, 0.1) is 11.6 Å². The van der Waals surface area contributed by atoms with Gasteiger partial charge >= 0.3 is 0 Å². The number of fused-ring (bicyclic) bond motifs is 1. The summed E-state index contributed by atoms with van der Waals surface area (Å²) in [6.07, 6.45) is 0. The van der Waals surface area contributed by atoms with Crippen LogP contribution in [-0.2, 0) is 6.54 Å². The molecule has 3 aromatic rings. The van der Waals surface area contributed by atoms with E-state index in [1.54, 1.807) is 6.07 Å². The average Bonchev–Trinajstić information content (AvgIpc) is 2.54. The fourth-order valence-corrected chi connectivity index (χ4v) is 2.35. The minimum absolute atomic E-state index is 0.304. The summed E-state index contributed by atoms with van der Waals surface area (Å²) in [4.78, 5) is 0. The van der Waals surface area contributed by atoms with Gasteiger partial charge in [-0.15, -0.1) is 0 Å². The van der Waals surface area contributed by atoms with Gasteiger partial charge in [0.2, 0.25) is 0 Å². The highest BCUT2D eigenvalue weighted by atomic mass is 19.1. The predicted octanol–water partition coefficient (Wildman–Crippen LogP) is 4.46. The summed E-state index contributed by atoms with van der Waals surface area (Å²) in [6, 6.07) is 20.4. The van der Waals surface area contributed by atoms with Crippen molar-refractivity contribution in [2.45, 2.75) is 6.54 Å². The Balaban J connectivity index is 1.89. The van der Waals surface area contributed by atoms with E-state index >= 15 is 0 Å². The Morgan fingerprint density at radius 2 is 1.81 bits per heavy atom. The highest BCUT2D eigenvalue weighted by molar-refractivity contribution is 5.93. The normalized spacial score (nSPS) is 10.3. The van der Waals surface area contributed by atoms with E-state index in [9.17, 15) is 4.39 Å². The third-order valence-corrected chi connectivity index (χ3v) is 3.43. The molecular formula is C18H13FN2. The van der Waals surface area contributed by atoms with E-state index in [-0.39, 0.29) is 5.82 Å². The monoisotopic (exact) mass is 276 g/mol. The lowest BCUT2D eigenvalue weighted by Crippen LogP contribution is -2.02. The molecule has 3 heteroatoms. The molecule has 0 bridgehead atoms. The Labute approximate surface area is 122 Å². The van der Waals surface area contributed by atoms with Crippen LogP contribution < -0.4 is 5.32 Å². The molecule has 0 spiro atoms. The SMILES string of the molecule is N#Cc1ccc(F)c(CNc2cccc3ccccc23)c1. The predicted molar refractivity (Wildman–Crippen MR) is 82.4 cm³/mol. The number of halogens is 1. The number of hydrogen-bond donors (Lipinski definition) is 1. The van der Waals surface area contributed by atoms with Gasteiger partial charge < -0.3 is 5.32 Å². The molecule has 0 aliphatic carbocycles. The van der Waals surface area contributed by atoms with E-state index in [1.807, 2.05) is 48.5 Å². The molecule has 21 heavy (non-hydrogen) atoms. The van der Waals surface area contributed by atoms with Crippen molar-refractivity contribution in [3.8, 4) is 6.07 Å². The van der Waals surface area contributed by atoms with Crippen molar-refractivity contribution in [2.75, 3.05) is 5.32 Å². The second-order valence-electron chi connectivity index (χ2n) is 4.80. The van der Waals surface area contributed by atoms with Crippen molar-refractivity contribution in [1.29, 1.82) is 5.26 Å². The summed E-state index contributed by atoms with van der Waals surface area (Å²) >= 11 is 0. The first kappa shape index (κ1) is 13.1. The Kier molecular flexibility index (Phi) is 3.53. The van der Waals surface area contributed by atoms with Crippen LogP contribution in [0, 0.1) is 17.1 Å². The van der Waals surface area contributed by atoms with Crippen LogP contribution in [0.1, 0.15) is 11.1 Å². The molecule has 2 nitrogen and oxygen atoms in total. The molecule has 0 amide bonds. The van der Waals surface area contributed by atoms with Crippen LogP contribution >= 0.6 is 0 Å². The second-order valence-corrected chi connectivity index (χ2v) is 4.80. The summed E-state index contributed by atoms with van der Waals surface area (Å²) in [5, 5.41) is 14.4. The molecule has 0 fully saturated rings. The fourth-order valence-electron chi connectivity index (χ4n) is 2.35. The van der Waals surface area contributed by atoms with Crippen molar-refractivity contribution in [2.24, 2.45) is 0 Å². The standard InChI is InChI=1S/C18H13FN2/c19-17-9-8-13(11-20)10-15(17)12-21-18-7-3-5-14-4-1-2-6-16(14)18/h1-10,21H,12H2. The number of rotatable bonds is 3. The van der Waals surface area contributed by atoms with Crippen LogP contribution in [0.25, 0.3) is 10.8 Å². The number of nitrogens with one attached hydrogen (secondary N) is 1. The first-order valence-electron chi connectivity index (χ1n) is 6.68. The summed E-state index contributed by atoms with van der Waals surface area (Å²) in [6.45, 7) is 0.343. The minimum Gasteiger partial charge on any atom is -0.380 e. The van der Waals surface area contributed by atoms with Gasteiger partial charge in [-0.3, -0.25) is 0 Å². The van der Waals surface area contributed by atoms with E-state index in [4.69, 9.17) is 5.26 Å². The molecule has 0 unspecified atom stereocenters. The molecule has 3 aromatic carbocycles. The maximum Gasteiger partial charge on any atom is 0.128 e. The highest BCUT2D eigenvalue weighted by Crippen LogP contribution is 2.23. The quantitative estimate of drug-likeness (QED) is 0.766. The summed E-state index contributed by atoms with van der Waals surface area (Å²) in [5.74, 6) is -0.304. The first-order chi connectivity index (χ1) is 10.3. The van der Waals surface area contributed by atoms with Gasteiger partial charge in [0.15, 0.2) is 0 Å². The van der Waals surface area contributed by atoms with E-state index < -0.39 is 0 Å². The third-order valence-electron chi connectivity index (χ3n) is 3.43. The zero-order valence-corrected chi connectivity index (χ0v) is 11.3. The van der Waals surface area contributed by atoms with Gasteiger partial charge in [0, 0.05) is 23.2 Å². The lowest BCUT2D eigenvalue weighted by Gasteiger charge is -2.10. The third kappa shape index (κ3) is 2.70. The molecule has 0 saturated carbocycles. The van der Waals surface area contributed by atoms with Crippen molar-refractivity contribution in [3.63, 3.8) is 0 Å². The number of hydrogen-bond acceptors (Lipinski definition) is 2. The number of benzene rings is 3. The second kappa shape index (κ2) is 5.64. The van der Waals surface area contributed by atoms with Crippen LogP contribution in [-0.4, -0.2) is 0 Å². The van der Waals surface area contributed by atoms with Gasteiger partial charge in [0.1, 0.15) is 5.82 Å². The summed E-state index contributed by atoms with van der Waals surface area (Å²) < 4.78 is 13.8. The van der Waals surface area contributed by atoms with Crippen molar-refractivity contribution >= 4 is 16.5 Å². The zero-order chi connectivity index (χ0) is 14.7. The molecule has 0 aliphatic rings.